The molecule has 2 N–H and O–H groups in total. The van der Waals surface area contributed by atoms with Gasteiger partial charge in [-0.25, -0.2) is 0 Å². The number of hydrogen-bond donors (Lipinski definition) is 2. The molecule has 0 radical (unpaired) electrons. The molecule has 146 valence electrons. The number of likely N-dealkylation sites (N-methyl/N-ethyl adjacent to an activating group) is 2. The Balaban J connectivity index is 5.17. The highest BCUT2D eigenvalue weighted by Gasteiger charge is 2.32. The van der Waals surface area contributed by atoms with Crippen LogP contribution < -0.4 is 10.6 Å². The van der Waals surface area contributed by atoms with Crippen molar-refractivity contribution in [3.05, 3.63) is 0 Å². The summed E-state index contributed by atoms with van der Waals surface area (Å²) in [7, 11) is 3.38. The van der Waals surface area contributed by atoms with E-state index in [1.807, 2.05) is 27.7 Å². The first kappa shape index (κ1) is 23.6. The zero-order valence-corrected chi connectivity index (χ0v) is 17.1. The zero-order chi connectivity index (χ0) is 19.7. The standard InChI is InChI=1S/C19H37N3O3/c1-12(2)9-15(11-23)22(8)19(25)17(14(5)6)21-18(24)16(20-7)10-13(3)4/h11-17,20H,9-10H2,1-8H3,(H,21,24)/t15-,16-,17-/m0/s1. The summed E-state index contributed by atoms with van der Waals surface area (Å²) in [6.07, 6.45) is 2.12. The highest BCUT2D eigenvalue weighted by Crippen LogP contribution is 2.13. The summed E-state index contributed by atoms with van der Waals surface area (Å²) in [6, 6.07) is -1.45. The summed E-state index contributed by atoms with van der Waals surface area (Å²) in [5, 5.41) is 5.89. The first-order valence-electron chi connectivity index (χ1n) is 9.24. The second-order valence-electron chi connectivity index (χ2n) is 7.98. The third kappa shape index (κ3) is 7.99. The Bertz CT molecular complexity index is 436. The van der Waals surface area contributed by atoms with E-state index in [2.05, 4.69) is 24.5 Å². The first-order chi connectivity index (χ1) is 11.5. The molecule has 0 saturated heterocycles. The second-order valence-corrected chi connectivity index (χ2v) is 7.98. The average Bonchev–Trinajstić information content (AvgIpc) is 2.52. The molecular weight excluding hydrogens is 318 g/mol. The molecule has 0 saturated carbocycles. The Labute approximate surface area is 153 Å². The molecule has 0 aromatic carbocycles. The molecule has 3 atom stereocenters. The molecule has 2 amide bonds. The smallest absolute Gasteiger partial charge is 0.245 e. The molecule has 0 rings (SSSR count). The normalized spacial score (nSPS) is 15.2. The van der Waals surface area contributed by atoms with Crippen LogP contribution in [0.2, 0.25) is 0 Å². The van der Waals surface area contributed by atoms with Gasteiger partial charge < -0.3 is 20.3 Å². The van der Waals surface area contributed by atoms with Crippen LogP contribution in [0, 0.1) is 17.8 Å². The molecule has 0 fully saturated rings. The van der Waals surface area contributed by atoms with E-state index in [4.69, 9.17) is 0 Å². The number of carbonyl (C=O) groups excluding carboxylic acids is 3. The average molecular weight is 356 g/mol. The molecule has 0 unspecified atom stereocenters. The van der Waals surface area contributed by atoms with Crippen LogP contribution in [-0.4, -0.2) is 55.2 Å². The molecule has 0 spiro atoms. The largest absolute Gasteiger partial charge is 0.343 e. The lowest BCUT2D eigenvalue weighted by atomic mass is 9.98. The lowest BCUT2D eigenvalue weighted by Crippen LogP contribution is -2.56. The van der Waals surface area contributed by atoms with Crippen molar-refractivity contribution in [3.8, 4) is 0 Å². The van der Waals surface area contributed by atoms with Crippen LogP contribution in [0.25, 0.3) is 0 Å². The molecule has 0 bridgehead atoms. The Morgan fingerprint density at radius 3 is 1.88 bits per heavy atom. The number of amides is 2. The van der Waals surface area contributed by atoms with E-state index in [1.54, 1.807) is 14.1 Å². The number of aldehydes is 1. The predicted octanol–water partition coefficient (Wildman–Crippen LogP) is 1.83. The van der Waals surface area contributed by atoms with Gasteiger partial charge in [-0.2, -0.15) is 0 Å². The van der Waals surface area contributed by atoms with Crippen molar-refractivity contribution in [1.82, 2.24) is 15.5 Å². The van der Waals surface area contributed by atoms with Gasteiger partial charge in [0.05, 0.1) is 12.1 Å². The molecular formula is C19H37N3O3. The maximum atomic E-state index is 12.9. The van der Waals surface area contributed by atoms with Crippen LogP contribution in [0.1, 0.15) is 54.4 Å². The first-order valence-corrected chi connectivity index (χ1v) is 9.24. The molecule has 0 aliphatic heterocycles. The molecule has 0 aliphatic carbocycles. The van der Waals surface area contributed by atoms with Gasteiger partial charge in [0.2, 0.25) is 11.8 Å². The number of hydrogen-bond acceptors (Lipinski definition) is 4. The monoisotopic (exact) mass is 355 g/mol. The van der Waals surface area contributed by atoms with Gasteiger partial charge in [-0.05, 0) is 37.6 Å². The van der Waals surface area contributed by atoms with E-state index in [1.165, 1.54) is 4.90 Å². The van der Waals surface area contributed by atoms with Crippen LogP contribution in [0.15, 0.2) is 0 Å². The highest BCUT2D eigenvalue weighted by molar-refractivity contribution is 5.91. The topological polar surface area (TPSA) is 78.5 Å². The molecule has 6 heteroatoms. The zero-order valence-electron chi connectivity index (χ0n) is 17.1. The van der Waals surface area contributed by atoms with E-state index in [-0.39, 0.29) is 23.8 Å². The second kappa shape index (κ2) is 11.2. The number of nitrogens with one attached hydrogen (secondary N) is 2. The van der Waals surface area contributed by atoms with Gasteiger partial charge >= 0.3 is 0 Å². The predicted molar refractivity (Wildman–Crippen MR) is 101 cm³/mol. The molecule has 25 heavy (non-hydrogen) atoms. The van der Waals surface area contributed by atoms with Gasteiger partial charge in [-0.1, -0.05) is 41.5 Å². The maximum Gasteiger partial charge on any atom is 0.245 e. The summed E-state index contributed by atoms with van der Waals surface area (Å²) in [6.45, 7) is 11.9. The third-order valence-electron chi connectivity index (χ3n) is 4.32. The maximum absolute atomic E-state index is 12.9. The molecule has 0 aromatic heterocycles. The van der Waals surface area contributed by atoms with E-state index in [0.717, 1.165) is 6.29 Å². The van der Waals surface area contributed by atoms with Gasteiger partial charge in [0.15, 0.2) is 0 Å². The Morgan fingerprint density at radius 2 is 1.52 bits per heavy atom. The van der Waals surface area contributed by atoms with Gasteiger partial charge in [0, 0.05) is 7.05 Å². The fraction of sp³-hybridized carbons (Fsp3) is 0.842. The van der Waals surface area contributed by atoms with E-state index in [0.29, 0.717) is 24.7 Å². The lowest BCUT2D eigenvalue weighted by Gasteiger charge is -2.32. The van der Waals surface area contributed by atoms with Crippen molar-refractivity contribution in [2.45, 2.75) is 72.5 Å². The fourth-order valence-corrected chi connectivity index (χ4v) is 2.77. The van der Waals surface area contributed by atoms with E-state index >= 15 is 0 Å². The minimum absolute atomic E-state index is 0.0678. The number of nitrogens with zero attached hydrogens (tertiary/aromatic N) is 1. The van der Waals surface area contributed by atoms with Gasteiger partial charge in [-0.3, -0.25) is 9.59 Å². The number of carbonyl (C=O) groups is 3. The van der Waals surface area contributed by atoms with Crippen LogP contribution >= 0.6 is 0 Å². The van der Waals surface area contributed by atoms with Crippen LogP contribution in [-0.2, 0) is 14.4 Å². The summed E-state index contributed by atoms with van der Waals surface area (Å²) in [5.74, 6) is 0.201. The Kier molecular flexibility index (Phi) is 10.6. The van der Waals surface area contributed by atoms with Crippen LogP contribution in [0.5, 0.6) is 0 Å². The lowest BCUT2D eigenvalue weighted by molar-refractivity contribution is -0.140. The molecule has 0 aromatic rings. The molecule has 6 nitrogen and oxygen atoms in total. The Morgan fingerprint density at radius 1 is 1.00 bits per heavy atom. The van der Waals surface area contributed by atoms with Crippen molar-refractivity contribution >= 4 is 18.1 Å². The third-order valence-corrected chi connectivity index (χ3v) is 4.32. The molecule has 0 aliphatic rings. The van der Waals surface area contributed by atoms with Crippen LogP contribution in [0.4, 0.5) is 0 Å². The quantitative estimate of drug-likeness (QED) is 0.554. The van der Waals surface area contributed by atoms with Gasteiger partial charge in [-0.15, -0.1) is 0 Å². The fourth-order valence-electron chi connectivity index (χ4n) is 2.77. The summed E-state index contributed by atoms with van der Waals surface area (Å²) in [4.78, 5) is 38.3. The van der Waals surface area contributed by atoms with Crippen molar-refractivity contribution in [3.63, 3.8) is 0 Å². The van der Waals surface area contributed by atoms with E-state index < -0.39 is 12.1 Å². The van der Waals surface area contributed by atoms with Crippen molar-refractivity contribution in [1.29, 1.82) is 0 Å². The van der Waals surface area contributed by atoms with Gasteiger partial charge in [0.1, 0.15) is 12.3 Å². The highest BCUT2D eigenvalue weighted by atomic mass is 16.2. The SMILES string of the molecule is CN[C@@H](CC(C)C)C(=O)N[C@H](C(=O)N(C)[C@H](C=O)CC(C)C)C(C)C. The summed E-state index contributed by atoms with van der Waals surface area (Å²) in [5.41, 5.74) is 0. The van der Waals surface area contributed by atoms with Crippen molar-refractivity contribution < 1.29 is 14.4 Å². The minimum atomic E-state index is -0.643. The van der Waals surface area contributed by atoms with E-state index in [9.17, 15) is 14.4 Å². The Hall–Kier alpha value is -1.43. The number of rotatable bonds is 11. The minimum Gasteiger partial charge on any atom is -0.343 e. The summed E-state index contributed by atoms with van der Waals surface area (Å²) >= 11 is 0. The summed E-state index contributed by atoms with van der Waals surface area (Å²) < 4.78 is 0. The van der Waals surface area contributed by atoms with Gasteiger partial charge in [0.25, 0.3) is 0 Å². The van der Waals surface area contributed by atoms with Crippen molar-refractivity contribution in [2.75, 3.05) is 14.1 Å². The molecule has 0 heterocycles. The van der Waals surface area contributed by atoms with Crippen LogP contribution in [0.3, 0.4) is 0 Å². The van der Waals surface area contributed by atoms with Crippen molar-refractivity contribution in [2.24, 2.45) is 17.8 Å².